The van der Waals surface area contributed by atoms with Crippen LogP contribution in [0.5, 0.6) is 5.75 Å². The molecule has 0 aliphatic rings. The number of methoxy groups -OCH3 is 1. The average Bonchev–Trinajstić information content (AvgIpc) is 2.76. The van der Waals surface area contributed by atoms with Crippen LogP contribution in [0.15, 0.2) is 41.5 Å². The Morgan fingerprint density at radius 3 is 2.88 bits per heavy atom. The molecule has 0 saturated heterocycles. The number of benzene rings is 1. The molecular formula is C13H15N3O. The van der Waals surface area contributed by atoms with Gasteiger partial charge in [0, 0.05) is 31.6 Å². The molecule has 0 aliphatic carbocycles. The van der Waals surface area contributed by atoms with Crippen molar-refractivity contribution in [3.8, 4) is 5.75 Å². The van der Waals surface area contributed by atoms with Gasteiger partial charge < -0.3 is 4.74 Å². The molecule has 2 rings (SSSR count). The number of para-hydroxylation sites is 2. The molecular weight excluding hydrogens is 214 g/mol. The number of hydrogen-bond acceptors (Lipinski definition) is 3. The molecule has 0 amide bonds. The number of rotatable bonds is 4. The molecule has 4 heteroatoms. The second-order valence-electron chi connectivity index (χ2n) is 3.63. The minimum absolute atomic E-state index is 0.758. The van der Waals surface area contributed by atoms with Crippen molar-refractivity contribution in [3.05, 3.63) is 42.2 Å². The molecule has 88 valence electrons. The van der Waals surface area contributed by atoms with Crippen LogP contribution < -0.4 is 4.74 Å². The molecule has 0 atom stereocenters. The zero-order valence-corrected chi connectivity index (χ0v) is 10.00. The van der Waals surface area contributed by atoms with Crippen molar-refractivity contribution in [2.75, 3.05) is 7.11 Å². The van der Waals surface area contributed by atoms with Crippen molar-refractivity contribution < 1.29 is 4.74 Å². The number of aromatic nitrogens is 2. The van der Waals surface area contributed by atoms with E-state index in [0.29, 0.717) is 0 Å². The smallest absolute Gasteiger partial charge is 0.144 e. The third-order valence-electron chi connectivity index (χ3n) is 2.54. The Balaban J connectivity index is 2.08. The number of nitrogens with zero attached hydrogens (tertiary/aromatic N) is 3. The van der Waals surface area contributed by atoms with Crippen LogP contribution >= 0.6 is 0 Å². The maximum Gasteiger partial charge on any atom is 0.144 e. The van der Waals surface area contributed by atoms with Gasteiger partial charge in [-0.1, -0.05) is 12.1 Å². The van der Waals surface area contributed by atoms with Gasteiger partial charge in [-0.05, 0) is 18.2 Å². The molecule has 0 spiro atoms. The lowest BCUT2D eigenvalue weighted by Crippen LogP contribution is -1.98. The standard InChI is InChI=1S/C13H15N3O/c1-16-11(8-10-15-16)7-9-14-12-5-3-4-6-13(12)17-2/h3-6,8-10H,7H2,1-2H3. The highest BCUT2D eigenvalue weighted by atomic mass is 16.5. The fourth-order valence-corrected chi connectivity index (χ4v) is 1.58. The summed E-state index contributed by atoms with van der Waals surface area (Å²) in [6, 6.07) is 9.68. The summed E-state index contributed by atoms with van der Waals surface area (Å²) in [7, 11) is 3.57. The van der Waals surface area contributed by atoms with E-state index in [2.05, 4.69) is 10.1 Å². The van der Waals surface area contributed by atoms with E-state index in [0.717, 1.165) is 23.6 Å². The van der Waals surface area contributed by atoms with Crippen molar-refractivity contribution in [1.82, 2.24) is 9.78 Å². The monoisotopic (exact) mass is 229 g/mol. The van der Waals surface area contributed by atoms with Crippen LogP contribution in [0, 0.1) is 0 Å². The first kappa shape index (κ1) is 11.4. The van der Waals surface area contributed by atoms with Gasteiger partial charge in [-0.25, -0.2) is 0 Å². The summed E-state index contributed by atoms with van der Waals surface area (Å²) in [6.07, 6.45) is 4.41. The Morgan fingerprint density at radius 1 is 1.35 bits per heavy atom. The van der Waals surface area contributed by atoms with Crippen LogP contribution in [-0.2, 0) is 13.5 Å². The summed E-state index contributed by atoms with van der Waals surface area (Å²) in [5.41, 5.74) is 1.97. The summed E-state index contributed by atoms with van der Waals surface area (Å²) in [4.78, 5) is 4.40. The van der Waals surface area contributed by atoms with Crippen LogP contribution in [0.2, 0.25) is 0 Å². The Bertz CT molecular complexity index is 517. The predicted octanol–water partition coefficient (Wildman–Crippen LogP) is 2.37. The van der Waals surface area contributed by atoms with Gasteiger partial charge in [0.25, 0.3) is 0 Å². The molecule has 0 unspecified atom stereocenters. The molecule has 2 aromatic rings. The second kappa shape index (κ2) is 5.30. The van der Waals surface area contributed by atoms with Gasteiger partial charge in [-0.15, -0.1) is 0 Å². The van der Waals surface area contributed by atoms with Crippen molar-refractivity contribution >= 4 is 11.9 Å². The van der Waals surface area contributed by atoms with Crippen molar-refractivity contribution in [2.24, 2.45) is 12.0 Å². The maximum absolute atomic E-state index is 5.23. The summed E-state index contributed by atoms with van der Waals surface area (Å²) in [5.74, 6) is 0.786. The van der Waals surface area contributed by atoms with Gasteiger partial charge in [-0.2, -0.15) is 5.10 Å². The van der Waals surface area contributed by atoms with Gasteiger partial charge in [0.1, 0.15) is 11.4 Å². The van der Waals surface area contributed by atoms with Crippen LogP contribution in [0.4, 0.5) is 5.69 Å². The quantitative estimate of drug-likeness (QED) is 0.755. The van der Waals surface area contributed by atoms with Gasteiger partial charge >= 0.3 is 0 Å². The Morgan fingerprint density at radius 2 is 2.18 bits per heavy atom. The molecule has 0 radical (unpaired) electrons. The Hall–Kier alpha value is -2.10. The molecule has 0 fully saturated rings. The van der Waals surface area contributed by atoms with E-state index in [1.54, 1.807) is 13.3 Å². The van der Waals surface area contributed by atoms with Crippen molar-refractivity contribution in [1.29, 1.82) is 0 Å². The third-order valence-corrected chi connectivity index (χ3v) is 2.54. The SMILES string of the molecule is COc1ccccc1N=CCc1ccnn1C. The molecule has 0 bridgehead atoms. The largest absolute Gasteiger partial charge is 0.494 e. The van der Waals surface area contributed by atoms with E-state index in [-0.39, 0.29) is 0 Å². The minimum atomic E-state index is 0.758. The normalized spacial score (nSPS) is 10.9. The van der Waals surface area contributed by atoms with Gasteiger partial charge in [0.15, 0.2) is 0 Å². The molecule has 1 aromatic heterocycles. The first-order valence-electron chi connectivity index (χ1n) is 5.43. The fraction of sp³-hybridized carbons (Fsp3) is 0.231. The third kappa shape index (κ3) is 2.72. The Labute approximate surface area is 101 Å². The van der Waals surface area contributed by atoms with E-state index in [4.69, 9.17) is 4.74 Å². The van der Waals surface area contributed by atoms with E-state index < -0.39 is 0 Å². The van der Waals surface area contributed by atoms with Gasteiger partial charge in [0.05, 0.1) is 7.11 Å². The van der Waals surface area contributed by atoms with E-state index >= 15 is 0 Å². The van der Waals surface area contributed by atoms with Crippen LogP contribution in [0.1, 0.15) is 5.69 Å². The molecule has 0 aliphatic heterocycles. The maximum atomic E-state index is 5.23. The van der Waals surface area contributed by atoms with Crippen LogP contribution in [-0.4, -0.2) is 23.1 Å². The van der Waals surface area contributed by atoms with Gasteiger partial charge in [-0.3, -0.25) is 9.67 Å². The molecule has 17 heavy (non-hydrogen) atoms. The Kier molecular flexibility index (Phi) is 3.55. The zero-order chi connectivity index (χ0) is 12.1. The molecule has 4 nitrogen and oxygen atoms in total. The van der Waals surface area contributed by atoms with Crippen LogP contribution in [0.25, 0.3) is 0 Å². The van der Waals surface area contributed by atoms with Gasteiger partial charge in [0.2, 0.25) is 0 Å². The first-order valence-corrected chi connectivity index (χ1v) is 5.43. The first-order chi connectivity index (χ1) is 8.31. The molecule has 1 aromatic carbocycles. The van der Waals surface area contributed by atoms with Crippen molar-refractivity contribution in [3.63, 3.8) is 0 Å². The zero-order valence-electron chi connectivity index (χ0n) is 10.00. The number of aryl methyl sites for hydroxylation is 1. The summed E-state index contributed by atoms with van der Waals surface area (Å²) < 4.78 is 7.07. The van der Waals surface area contributed by atoms with Crippen molar-refractivity contribution in [2.45, 2.75) is 6.42 Å². The van der Waals surface area contributed by atoms with E-state index in [9.17, 15) is 0 Å². The highest BCUT2D eigenvalue weighted by Gasteiger charge is 1.98. The molecule has 0 saturated carbocycles. The fourth-order valence-electron chi connectivity index (χ4n) is 1.58. The van der Waals surface area contributed by atoms with Crippen LogP contribution in [0.3, 0.4) is 0 Å². The average molecular weight is 229 g/mol. The lowest BCUT2D eigenvalue weighted by molar-refractivity contribution is 0.416. The van der Waals surface area contributed by atoms with E-state index in [1.165, 1.54) is 0 Å². The second-order valence-corrected chi connectivity index (χ2v) is 3.63. The minimum Gasteiger partial charge on any atom is -0.494 e. The summed E-state index contributed by atoms with van der Waals surface area (Å²) >= 11 is 0. The molecule has 0 N–H and O–H groups in total. The highest BCUT2D eigenvalue weighted by molar-refractivity contribution is 5.68. The lowest BCUT2D eigenvalue weighted by atomic mass is 10.3. The lowest BCUT2D eigenvalue weighted by Gasteiger charge is -2.02. The predicted molar refractivity (Wildman–Crippen MR) is 68.1 cm³/mol. The summed E-state index contributed by atoms with van der Waals surface area (Å²) in [5, 5.41) is 4.11. The number of aliphatic imine (C=N–C) groups is 1. The highest BCUT2D eigenvalue weighted by Crippen LogP contribution is 2.25. The topological polar surface area (TPSA) is 39.4 Å². The molecule has 1 heterocycles. The number of ether oxygens (including phenoxy) is 1. The number of hydrogen-bond donors (Lipinski definition) is 0. The van der Waals surface area contributed by atoms with E-state index in [1.807, 2.05) is 48.3 Å². The summed E-state index contributed by atoms with van der Waals surface area (Å²) in [6.45, 7) is 0.